The average molecular weight is 454 g/mol. The van der Waals surface area contributed by atoms with Crippen LogP contribution in [0.2, 0.25) is 5.02 Å². The fraction of sp³-hybridized carbons (Fsp3) is 0.0909. The van der Waals surface area contributed by atoms with Crippen LogP contribution >= 0.6 is 23.4 Å². The molecule has 2 aromatic carbocycles. The number of non-ortho nitro benzene ring substituents is 1. The smallest absolute Gasteiger partial charge is 0.270 e. The Labute approximate surface area is 187 Å². The summed E-state index contributed by atoms with van der Waals surface area (Å²) in [5, 5.41) is 14.3. The van der Waals surface area contributed by atoms with E-state index in [0.29, 0.717) is 27.2 Å². The Morgan fingerprint density at radius 1 is 1.19 bits per heavy atom. The van der Waals surface area contributed by atoms with Crippen LogP contribution in [-0.4, -0.2) is 16.0 Å². The number of hydrogen-bond donors (Lipinski definition) is 1. The molecule has 2 heterocycles. The lowest BCUT2D eigenvalue weighted by atomic mass is 10.1. The summed E-state index contributed by atoms with van der Waals surface area (Å²) >= 11 is 7.38. The van der Waals surface area contributed by atoms with Crippen LogP contribution < -0.4 is 5.32 Å². The van der Waals surface area contributed by atoms with Crippen molar-refractivity contribution in [3.05, 3.63) is 86.0 Å². The fourth-order valence-electron chi connectivity index (χ4n) is 2.93. The molecule has 156 valence electrons. The van der Waals surface area contributed by atoms with E-state index in [1.54, 1.807) is 18.2 Å². The van der Waals surface area contributed by atoms with Crippen molar-refractivity contribution in [2.24, 2.45) is 4.99 Å². The number of amides is 1. The highest BCUT2D eigenvalue weighted by Gasteiger charge is 2.24. The third-order valence-electron chi connectivity index (χ3n) is 4.56. The highest BCUT2D eigenvalue weighted by atomic mass is 35.5. The molecule has 1 aliphatic heterocycles. The molecule has 0 aliphatic carbocycles. The van der Waals surface area contributed by atoms with E-state index in [4.69, 9.17) is 16.0 Å². The molecule has 0 bridgehead atoms. The lowest BCUT2D eigenvalue weighted by Crippen LogP contribution is -2.19. The zero-order valence-corrected chi connectivity index (χ0v) is 17.9. The summed E-state index contributed by atoms with van der Waals surface area (Å²) in [7, 11) is 0. The van der Waals surface area contributed by atoms with Crippen molar-refractivity contribution in [3.63, 3.8) is 0 Å². The summed E-state index contributed by atoms with van der Waals surface area (Å²) in [4.78, 5) is 27.6. The van der Waals surface area contributed by atoms with Gasteiger partial charge < -0.3 is 9.73 Å². The second kappa shape index (κ2) is 8.79. The van der Waals surface area contributed by atoms with Gasteiger partial charge in [0.1, 0.15) is 11.5 Å². The first kappa shape index (κ1) is 20.9. The van der Waals surface area contributed by atoms with Gasteiger partial charge in [-0.25, -0.2) is 4.99 Å². The zero-order chi connectivity index (χ0) is 22.0. The van der Waals surface area contributed by atoms with Gasteiger partial charge in [0.05, 0.1) is 20.5 Å². The van der Waals surface area contributed by atoms with Crippen LogP contribution in [0.1, 0.15) is 18.2 Å². The van der Waals surface area contributed by atoms with Crippen LogP contribution in [0.25, 0.3) is 17.4 Å². The SMILES string of the molecule is CCc1ccc(N=C2NC(=O)/C(=C\c3ccc(-c4ccc([N+](=O)[O-])cc4Cl)o3)S2)cc1. The maximum Gasteiger partial charge on any atom is 0.270 e. The predicted octanol–water partition coefficient (Wildman–Crippen LogP) is 5.96. The van der Waals surface area contributed by atoms with Crippen molar-refractivity contribution in [3.8, 4) is 11.3 Å². The first-order valence-corrected chi connectivity index (χ1v) is 10.5. The summed E-state index contributed by atoms with van der Waals surface area (Å²) in [6, 6.07) is 15.4. The molecule has 1 N–H and O–H groups in total. The molecule has 31 heavy (non-hydrogen) atoms. The minimum Gasteiger partial charge on any atom is -0.457 e. The zero-order valence-electron chi connectivity index (χ0n) is 16.3. The van der Waals surface area contributed by atoms with E-state index in [1.807, 2.05) is 24.3 Å². The first-order valence-electron chi connectivity index (χ1n) is 9.35. The Kier molecular flexibility index (Phi) is 5.92. The van der Waals surface area contributed by atoms with Gasteiger partial charge in [0.25, 0.3) is 11.6 Å². The Hall–Kier alpha value is -3.36. The van der Waals surface area contributed by atoms with Crippen molar-refractivity contribution in [1.29, 1.82) is 0 Å². The number of rotatable bonds is 5. The van der Waals surface area contributed by atoms with Gasteiger partial charge in [0.2, 0.25) is 0 Å². The Morgan fingerprint density at radius 3 is 2.65 bits per heavy atom. The molecule has 0 spiro atoms. The average Bonchev–Trinajstić information content (AvgIpc) is 3.35. The van der Waals surface area contributed by atoms with E-state index in [0.717, 1.165) is 12.1 Å². The maximum absolute atomic E-state index is 12.3. The lowest BCUT2D eigenvalue weighted by Gasteiger charge is -2.00. The molecule has 0 unspecified atom stereocenters. The number of aryl methyl sites for hydroxylation is 1. The van der Waals surface area contributed by atoms with Crippen molar-refractivity contribution < 1.29 is 14.1 Å². The number of nitro benzene ring substituents is 1. The third-order valence-corrected chi connectivity index (χ3v) is 5.78. The number of nitrogens with one attached hydrogen (secondary N) is 1. The van der Waals surface area contributed by atoms with Crippen LogP contribution in [0.5, 0.6) is 0 Å². The van der Waals surface area contributed by atoms with Crippen LogP contribution in [0.15, 0.2) is 68.9 Å². The number of aliphatic imine (C=N–C) groups is 1. The van der Waals surface area contributed by atoms with E-state index in [2.05, 4.69) is 17.2 Å². The van der Waals surface area contributed by atoms with Gasteiger partial charge >= 0.3 is 0 Å². The van der Waals surface area contributed by atoms with Crippen LogP contribution in [-0.2, 0) is 11.2 Å². The van der Waals surface area contributed by atoms with Gasteiger partial charge in [0, 0.05) is 23.8 Å². The second-order valence-electron chi connectivity index (χ2n) is 6.63. The third kappa shape index (κ3) is 4.70. The molecule has 7 nitrogen and oxygen atoms in total. The molecule has 1 fully saturated rings. The molecule has 3 aromatic rings. The number of carbonyl (C=O) groups is 1. The largest absolute Gasteiger partial charge is 0.457 e. The van der Waals surface area contributed by atoms with Gasteiger partial charge in [-0.05, 0) is 54.1 Å². The normalized spacial score (nSPS) is 16.1. The number of halogens is 1. The Balaban J connectivity index is 1.53. The van der Waals surface area contributed by atoms with Crippen molar-refractivity contribution in [1.82, 2.24) is 5.32 Å². The van der Waals surface area contributed by atoms with Gasteiger partial charge in [-0.3, -0.25) is 14.9 Å². The number of furan rings is 1. The Morgan fingerprint density at radius 2 is 1.97 bits per heavy atom. The van der Waals surface area contributed by atoms with Gasteiger partial charge in [-0.15, -0.1) is 0 Å². The summed E-state index contributed by atoms with van der Waals surface area (Å²) < 4.78 is 5.78. The summed E-state index contributed by atoms with van der Waals surface area (Å²) in [6.45, 7) is 2.08. The minimum absolute atomic E-state index is 0.0992. The van der Waals surface area contributed by atoms with Crippen molar-refractivity contribution in [2.75, 3.05) is 0 Å². The van der Waals surface area contributed by atoms with E-state index in [1.165, 1.54) is 35.5 Å². The number of amidine groups is 1. The number of nitro groups is 1. The molecule has 1 aliphatic rings. The molecule has 1 saturated heterocycles. The predicted molar refractivity (Wildman–Crippen MR) is 122 cm³/mol. The highest BCUT2D eigenvalue weighted by Crippen LogP contribution is 2.34. The van der Waals surface area contributed by atoms with Gasteiger partial charge in [0.15, 0.2) is 5.17 Å². The molecule has 0 atom stereocenters. The van der Waals surface area contributed by atoms with Crippen molar-refractivity contribution >= 4 is 51.9 Å². The van der Waals surface area contributed by atoms with Crippen molar-refractivity contribution in [2.45, 2.75) is 13.3 Å². The summed E-state index contributed by atoms with van der Waals surface area (Å²) in [5.74, 6) is 0.635. The van der Waals surface area contributed by atoms with E-state index in [9.17, 15) is 14.9 Å². The number of hydrogen-bond acceptors (Lipinski definition) is 6. The fourth-order valence-corrected chi connectivity index (χ4v) is 4.02. The monoisotopic (exact) mass is 453 g/mol. The summed E-state index contributed by atoms with van der Waals surface area (Å²) in [6.07, 6.45) is 2.57. The topological polar surface area (TPSA) is 97.7 Å². The first-order chi connectivity index (χ1) is 14.9. The van der Waals surface area contributed by atoms with Crippen LogP contribution in [0.4, 0.5) is 11.4 Å². The number of thioether (sulfide) groups is 1. The summed E-state index contributed by atoms with van der Waals surface area (Å²) in [5.41, 5.74) is 2.40. The molecule has 0 radical (unpaired) electrons. The molecule has 0 saturated carbocycles. The van der Waals surface area contributed by atoms with E-state index >= 15 is 0 Å². The second-order valence-corrected chi connectivity index (χ2v) is 8.06. The minimum atomic E-state index is -0.513. The Bertz CT molecular complexity index is 1230. The number of nitrogens with zero attached hydrogens (tertiary/aromatic N) is 2. The van der Waals surface area contributed by atoms with Gasteiger partial charge in [-0.2, -0.15) is 0 Å². The molecular formula is C22H16ClN3O4S. The molecule has 9 heteroatoms. The van der Waals surface area contributed by atoms with Crippen LogP contribution in [0, 0.1) is 10.1 Å². The molecular weight excluding hydrogens is 438 g/mol. The number of carbonyl (C=O) groups excluding carboxylic acids is 1. The number of benzene rings is 2. The van der Waals surface area contributed by atoms with Gasteiger partial charge in [-0.1, -0.05) is 30.7 Å². The molecule has 4 rings (SSSR count). The van der Waals surface area contributed by atoms with E-state index in [-0.39, 0.29) is 16.6 Å². The standard InChI is InChI=1S/C22H16ClN3O4S/c1-2-13-3-5-14(6-4-13)24-22-25-21(27)20(31-22)12-16-8-10-19(30-16)17-9-7-15(26(28)29)11-18(17)23/h3-12H,2H2,1H3,(H,24,25,27)/b20-12+. The lowest BCUT2D eigenvalue weighted by molar-refractivity contribution is -0.384. The molecule has 1 aromatic heterocycles. The molecule has 1 amide bonds. The quantitative estimate of drug-likeness (QED) is 0.292. The highest BCUT2D eigenvalue weighted by molar-refractivity contribution is 8.18. The maximum atomic E-state index is 12.3. The van der Waals surface area contributed by atoms with Crippen LogP contribution in [0.3, 0.4) is 0 Å². The van der Waals surface area contributed by atoms with E-state index < -0.39 is 4.92 Å².